The van der Waals surface area contributed by atoms with Crippen LogP contribution in [0.1, 0.15) is 19.8 Å². The number of nitrogens with zero attached hydrogens (tertiary/aromatic N) is 2. The third-order valence-electron chi connectivity index (χ3n) is 3.27. The molecule has 1 heterocycles. The molecule has 1 unspecified atom stereocenters. The van der Waals surface area contributed by atoms with E-state index in [0.29, 0.717) is 18.8 Å². The third kappa shape index (κ3) is 4.43. The van der Waals surface area contributed by atoms with Crippen LogP contribution < -0.4 is 10.6 Å². The van der Waals surface area contributed by atoms with Gasteiger partial charge in [0.2, 0.25) is 0 Å². The number of aromatic nitrogens is 2. The predicted octanol–water partition coefficient (Wildman–Crippen LogP) is 2.76. The highest BCUT2D eigenvalue weighted by Gasteiger charge is 2.06. The molecule has 5 nitrogen and oxygen atoms in total. The van der Waals surface area contributed by atoms with Crippen molar-refractivity contribution in [3.63, 3.8) is 0 Å². The fourth-order valence-electron chi connectivity index (χ4n) is 1.95. The monoisotopic (exact) mass is 286 g/mol. The lowest BCUT2D eigenvalue weighted by molar-refractivity contribution is 0.164. The lowest BCUT2D eigenvalue weighted by atomic mass is 10.2. The molecule has 0 aliphatic heterocycles. The van der Waals surface area contributed by atoms with E-state index in [4.69, 9.17) is 0 Å². The minimum Gasteiger partial charge on any atom is -0.393 e. The van der Waals surface area contributed by atoms with Crippen LogP contribution in [0.4, 0.5) is 11.6 Å². The van der Waals surface area contributed by atoms with Crippen LogP contribution in [-0.2, 0) is 0 Å². The second kappa shape index (κ2) is 7.59. The molecular formula is C16H22N4O. The molecule has 112 valence electrons. The molecular weight excluding hydrogens is 264 g/mol. The lowest BCUT2D eigenvalue weighted by Gasteiger charge is -2.11. The SMILES string of the molecule is CCC(O)CCNc1cc(NC)nc(-c2ccccc2)n1. The highest BCUT2D eigenvalue weighted by molar-refractivity contribution is 5.61. The summed E-state index contributed by atoms with van der Waals surface area (Å²) in [5.74, 6) is 2.21. The Hall–Kier alpha value is -2.14. The van der Waals surface area contributed by atoms with Gasteiger partial charge in [-0.1, -0.05) is 37.3 Å². The number of aliphatic hydroxyl groups excluding tert-OH is 1. The fourth-order valence-corrected chi connectivity index (χ4v) is 1.95. The Bertz CT molecular complexity index is 559. The standard InChI is InChI=1S/C16H22N4O/c1-3-13(21)9-10-18-15-11-14(17-2)19-16(20-15)12-7-5-4-6-8-12/h4-8,11,13,21H,3,9-10H2,1-2H3,(H2,17,18,19,20). The summed E-state index contributed by atoms with van der Waals surface area (Å²) in [5, 5.41) is 15.9. The maximum absolute atomic E-state index is 9.58. The number of rotatable bonds is 7. The second-order valence-corrected chi connectivity index (χ2v) is 4.86. The Balaban J connectivity index is 2.14. The smallest absolute Gasteiger partial charge is 0.163 e. The number of hydrogen-bond donors (Lipinski definition) is 3. The molecule has 5 heteroatoms. The molecule has 2 rings (SSSR count). The molecule has 0 radical (unpaired) electrons. The van der Waals surface area contributed by atoms with Crippen LogP contribution in [0.5, 0.6) is 0 Å². The Labute approximate surface area is 125 Å². The maximum Gasteiger partial charge on any atom is 0.163 e. The molecule has 0 fully saturated rings. The van der Waals surface area contributed by atoms with Crippen LogP contribution in [0.3, 0.4) is 0 Å². The van der Waals surface area contributed by atoms with Gasteiger partial charge in [-0.3, -0.25) is 0 Å². The molecule has 0 aliphatic rings. The normalized spacial score (nSPS) is 12.0. The van der Waals surface area contributed by atoms with Crippen LogP contribution >= 0.6 is 0 Å². The molecule has 2 aromatic rings. The topological polar surface area (TPSA) is 70.1 Å². The zero-order valence-corrected chi connectivity index (χ0v) is 12.5. The van der Waals surface area contributed by atoms with Gasteiger partial charge in [0.05, 0.1) is 6.10 Å². The van der Waals surface area contributed by atoms with Crippen molar-refractivity contribution in [2.45, 2.75) is 25.9 Å². The Kier molecular flexibility index (Phi) is 5.51. The van der Waals surface area contributed by atoms with E-state index >= 15 is 0 Å². The van der Waals surface area contributed by atoms with Gasteiger partial charge in [-0.25, -0.2) is 9.97 Å². The van der Waals surface area contributed by atoms with Gasteiger partial charge in [-0.15, -0.1) is 0 Å². The Morgan fingerprint density at radius 1 is 1.14 bits per heavy atom. The zero-order chi connectivity index (χ0) is 15.1. The second-order valence-electron chi connectivity index (χ2n) is 4.86. The average Bonchev–Trinajstić information content (AvgIpc) is 2.55. The summed E-state index contributed by atoms with van der Waals surface area (Å²) in [5.41, 5.74) is 0.978. The molecule has 3 N–H and O–H groups in total. The molecule has 1 aromatic carbocycles. The first-order valence-electron chi connectivity index (χ1n) is 7.27. The van der Waals surface area contributed by atoms with E-state index in [9.17, 15) is 5.11 Å². The third-order valence-corrected chi connectivity index (χ3v) is 3.27. The largest absolute Gasteiger partial charge is 0.393 e. The van der Waals surface area contributed by atoms with Gasteiger partial charge in [0.1, 0.15) is 11.6 Å². The summed E-state index contributed by atoms with van der Waals surface area (Å²) in [6.07, 6.45) is 1.20. The molecule has 0 aliphatic carbocycles. The lowest BCUT2D eigenvalue weighted by Crippen LogP contribution is -2.13. The maximum atomic E-state index is 9.58. The van der Waals surface area contributed by atoms with Gasteiger partial charge < -0.3 is 15.7 Å². The van der Waals surface area contributed by atoms with Crippen molar-refractivity contribution in [2.24, 2.45) is 0 Å². The van der Waals surface area contributed by atoms with Crippen molar-refractivity contribution < 1.29 is 5.11 Å². The van der Waals surface area contributed by atoms with Crippen molar-refractivity contribution >= 4 is 11.6 Å². The van der Waals surface area contributed by atoms with Gasteiger partial charge >= 0.3 is 0 Å². The van der Waals surface area contributed by atoms with Gasteiger partial charge in [-0.05, 0) is 12.8 Å². The van der Waals surface area contributed by atoms with Crippen molar-refractivity contribution in [3.8, 4) is 11.4 Å². The molecule has 21 heavy (non-hydrogen) atoms. The predicted molar refractivity (Wildman–Crippen MR) is 86.4 cm³/mol. The number of hydrogen-bond acceptors (Lipinski definition) is 5. The summed E-state index contributed by atoms with van der Waals surface area (Å²) in [4.78, 5) is 9.00. The Morgan fingerprint density at radius 2 is 1.86 bits per heavy atom. The van der Waals surface area contributed by atoms with Crippen molar-refractivity contribution in [1.82, 2.24) is 9.97 Å². The van der Waals surface area contributed by atoms with E-state index in [2.05, 4.69) is 20.6 Å². The summed E-state index contributed by atoms with van der Waals surface area (Å²) in [6.45, 7) is 2.66. The van der Waals surface area contributed by atoms with Gasteiger partial charge in [-0.2, -0.15) is 0 Å². The van der Waals surface area contributed by atoms with Crippen LogP contribution in [0.2, 0.25) is 0 Å². The minimum absolute atomic E-state index is 0.267. The van der Waals surface area contributed by atoms with Crippen molar-refractivity contribution in [3.05, 3.63) is 36.4 Å². The summed E-state index contributed by atoms with van der Waals surface area (Å²) < 4.78 is 0. The molecule has 0 spiro atoms. The molecule has 1 atom stereocenters. The zero-order valence-electron chi connectivity index (χ0n) is 12.5. The highest BCUT2D eigenvalue weighted by atomic mass is 16.3. The van der Waals surface area contributed by atoms with E-state index in [-0.39, 0.29) is 6.10 Å². The molecule has 0 amide bonds. The van der Waals surface area contributed by atoms with E-state index in [1.54, 1.807) is 0 Å². The number of benzene rings is 1. The van der Waals surface area contributed by atoms with Crippen LogP contribution in [0.15, 0.2) is 36.4 Å². The van der Waals surface area contributed by atoms with Crippen LogP contribution in [0.25, 0.3) is 11.4 Å². The number of aliphatic hydroxyl groups is 1. The van der Waals surface area contributed by atoms with Crippen molar-refractivity contribution in [1.29, 1.82) is 0 Å². The van der Waals surface area contributed by atoms with Gasteiger partial charge in [0, 0.05) is 25.2 Å². The highest BCUT2D eigenvalue weighted by Crippen LogP contribution is 2.19. The summed E-state index contributed by atoms with van der Waals surface area (Å²) >= 11 is 0. The van der Waals surface area contributed by atoms with Gasteiger partial charge in [0.25, 0.3) is 0 Å². The fraction of sp³-hybridized carbons (Fsp3) is 0.375. The molecule has 1 aromatic heterocycles. The first-order chi connectivity index (χ1) is 10.2. The average molecular weight is 286 g/mol. The molecule has 0 bridgehead atoms. The summed E-state index contributed by atoms with van der Waals surface area (Å²) in [7, 11) is 1.84. The number of nitrogens with one attached hydrogen (secondary N) is 2. The first-order valence-corrected chi connectivity index (χ1v) is 7.27. The Morgan fingerprint density at radius 3 is 2.52 bits per heavy atom. The number of anilines is 2. The van der Waals surface area contributed by atoms with E-state index in [1.165, 1.54) is 0 Å². The van der Waals surface area contributed by atoms with Crippen LogP contribution in [-0.4, -0.2) is 34.8 Å². The van der Waals surface area contributed by atoms with E-state index in [1.807, 2.05) is 50.4 Å². The minimum atomic E-state index is -0.267. The van der Waals surface area contributed by atoms with E-state index in [0.717, 1.165) is 23.6 Å². The van der Waals surface area contributed by atoms with Crippen molar-refractivity contribution in [2.75, 3.05) is 24.2 Å². The van der Waals surface area contributed by atoms with Gasteiger partial charge in [0.15, 0.2) is 5.82 Å². The summed E-state index contributed by atoms with van der Waals surface area (Å²) in [6, 6.07) is 11.7. The quantitative estimate of drug-likeness (QED) is 0.730. The van der Waals surface area contributed by atoms with E-state index < -0.39 is 0 Å². The first kappa shape index (κ1) is 15.3. The molecule has 0 saturated carbocycles. The van der Waals surface area contributed by atoms with Crippen LogP contribution in [0, 0.1) is 0 Å². The molecule has 0 saturated heterocycles.